The van der Waals surface area contributed by atoms with Crippen LogP contribution in [-0.2, 0) is 34.7 Å². The highest BCUT2D eigenvalue weighted by Crippen LogP contribution is 2.46. The number of benzene rings is 1. The number of hydrogen-bond acceptors (Lipinski definition) is 8. The lowest BCUT2D eigenvalue weighted by molar-refractivity contribution is -0.172. The third-order valence-corrected chi connectivity index (χ3v) is 7.96. The number of nitrogens with zero attached hydrogens (tertiary/aromatic N) is 2. The average molecular weight is 510 g/mol. The fourth-order valence-corrected chi connectivity index (χ4v) is 6.00. The predicted molar refractivity (Wildman–Crippen MR) is 131 cm³/mol. The molecule has 194 valence electrons. The molecule has 0 amide bonds. The smallest absolute Gasteiger partial charge is 0.343 e. The predicted octanol–water partition coefficient (Wildman–Crippen LogP) is 1.88. The van der Waals surface area contributed by atoms with E-state index in [0.29, 0.717) is 47.1 Å². The molecule has 3 aromatic rings. The van der Waals surface area contributed by atoms with Crippen molar-refractivity contribution in [2.45, 2.75) is 76.7 Å². The zero-order chi connectivity index (χ0) is 26.2. The van der Waals surface area contributed by atoms with Crippen molar-refractivity contribution in [3.8, 4) is 11.4 Å². The molecule has 4 N–H and O–H groups in total. The van der Waals surface area contributed by atoms with Crippen LogP contribution in [0.25, 0.3) is 22.3 Å². The number of esters is 1. The number of aliphatic hydroxyl groups excluding tert-OH is 2. The minimum atomic E-state index is -1.92. The molecule has 1 aliphatic carbocycles. The molecular formula is C27H28FN3O6. The summed E-state index contributed by atoms with van der Waals surface area (Å²) in [7, 11) is 0. The van der Waals surface area contributed by atoms with Crippen molar-refractivity contribution in [2.24, 2.45) is 0 Å². The molecule has 1 aromatic carbocycles. The Morgan fingerprint density at radius 1 is 1.24 bits per heavy atom. The number of hydrogen-bond donors (Lipinski definition) is 4. The highest BCUT2D eigenvalue weighted by molar-refractivity contribution is 5.93. The maximum absolute atomic E-state index is 14.9. The van der Waals surface area contributed by atoms with Gasteiger partial charge in [-0.1, -0.05) is 6.92 Å². The minimum Gasteiger partial charge on any atom is -0.458 e. The molecule has 0 bridgehead atoms. The van der Waals surface area contributed by atoms with Gasteiger partial charge in [-0.2, -0.15) is 0 Å². The van der Waals surface area contributed by atoms with Gasteiger partial charge in [0.25, 0.3) is 5.56 Å². The highest BCUT2D eigenvalue weighted by atomic mass is 19.1. The van der Waals surface area contributed by atoms with Gasteiger partial charge in [-0.15, -0.1) is 0 Å². The van der Waals surface area contributed by atoms with Gasteiger partial charge in [0, 0.05) is 22.6 Å². The second kappa shape index (κ2) is 8.42. The lowest BCUT2D eigenvalue weighted by Gasteiger charge is -2.31. The quantitative estimate of drug-likeness (QED) is 0.229. The molecule has 3 aliphatic rings. The van der Waals surface area contributed by atoms with Crippen LogP contribution in [0.3, 0.4) is 0 Å². The van der Waals surface area contributed by atoms with E-state index in [9.17, 15) is 29.3 Å². The van der Waals surface area contributed by atoms with E-state index in [1.807, 2.05) is 0 Å². The first-order valence-electron chi connectivity index (χ1n) is 12.6. The summed E-state index contributed by atoms with van der Waals surface area (Å²) in [5, 5.41) is 35.2. The fraction of sp³-hybridized carbons (Fsp3) is 0.444. The van der Waals surface area contributed by atoms with Crippen molar-refractivity contribution in [1.82, 2.24) is 14.9 Å². The normalized spacial score (nSPS) is 23.0. The van der Waals surface area contributed by atoms with Crippen LogP contribution in [-0.4, -0.2) is 43.2 Å². The highest BCUT2D eigenvalue weighted by Gasteiger charge is 2.46. The molecule has 4 heterocycles. The van der Waals surface area contributed by atoms with Crippen molar-refractivity contribution in [2.75, 3.05) is 0 Å². The summed E-state index contributed by atoms with van der Waals surface area (Å²) in [5.74, 6) is -1.14. The first kappa shape index (κ1) is 24.2. The zero-order valence-corrected chi connectivity index (χ0v) is 20.5. The second-order valence-corrected chi connectivity index (χ2v) is 10.2. The second-order valence-electron chi connectivity index (χ2n) is 10.2. The third kappa shape index (κ3) is 3.47. The van der Waals surface area contributed by atoms with E-state index in [1.165, 1.54) is 6.07 Å². The van der Waals surface area contributed by atoms with Gasteiger partial charge in [0.05, 0.1) is 35.1 Å². The topological polar surface area (TPSA) is 134 Å². The third-order valence-electron chi connectivity index (χ3n) is 7.96. The van der Waals surface area contributed by atoms with Crippen molar-refractivity contribution >= 4 is 16.9 Å². The minimum absolute atomic E-state index is 0.0456. The number of fused-ring (bicyclic) bond motifs is 5. The van der Waals surface area contributed by atoms with Gasteiger partial charge in [0.2, 0.25) is 0 Å². The van der Waals surface area contributed by atoms with E-state index in [0.717, 1.165) is 11.1 Å². The Labute approximate surface area is 211 Å². The van der Waals surface area contributed by atoms with Crippen molar-refractivity contribution in [3.63, 3.8) is 0 Å². The van der Waals surface area contributed by atoms with Crippen LogP contribution in [0.15, 0.2) is 23.0 Å². The number of pyridine rings is 2. The van der Waals surface area contributed by atoms with Crippen LogP contribution in [0.1, 0.15) is 67.0 Å². The number of rotatable bonds is 6. The molecule has 0 fully saturated rings. The molecule has 2 aliphatic heterocycles. The van der Waals surface area contributed by atoms with Gasteiger partial charge in [-0.25, -0.2) is 14.2 Å². The Balaban J connectivity index is 1.52. The van der Waals surface area contributed by atoms with Crippen LogP contribution in [0.2, 0.25) is 0 Å². The van der Waals surface area contributed by atoms with Crippen LogP contribution in [0.4, 0.5) is 4.39 Å². The Morgan fingerprint density at radius 2 is 2.03 bits per heavy atom. The Hall–Kier alpha value is -3.18. The summed E-state index contributed by atoms with van der Waals surface area (Å²) in [6.07, 6.45) is -0.403. The number of aliphatic hydroxyl groups is 3. The number of carbonyl (C=O) groups is 1. The van der Waals surface area contributed by atoms with Crippen LogP contribution in [0, 0.1) is 5.82 Å². The Kier molecular flexibility index (Phi) is 5.50. The summed E-state index contributed by atoms with van der Waals surface area (Å²) >= 11 is 0. The van der Waals surface area contributed by atoms with E-state index < -0.39 is 29.9 Å². The number of aromatic nitrogens is 2. The molecule has 0 spiro atoms. The Morgan fingerprint density at radius 3 is 2.76 bits per heavy atom. The molecule has 6 rings (SSSR count). The van der Waals surface area contributed by atoms with E-state index in [4.69, 9.17) is 9.72 Å². The first-order valence-corrected chi connectivity index (χ1v) is 12.6. The molecule has 10 heteroatoms. The molecule has 9 nitrogen and oxygen atoms in total. The molecule has 3 unspecified atom stereocenters. The number of nitrogens with one attached hydrogen (secondary N) is 1. The van der Waals surface area contributed by atoms with Crippen LogP contribution < -0.4 is 10.9 Å². The van der Waals surface area contributed by atoms with Crippen molar-refractivity contribution < 1.29 is 29.2 Å². The molecule has 37 heavy (non-hydrogen) atoms. The molecule has 4 atom stereocenters. The number of cyclic esters (lactones) is 1. The van der Waals surface area contributed by atoms with Gasteiger partial charge >= 0.3 is 5.97 Å². The number of ether oxygens (including phenoxy) is 1. The monoisotopic (exact) mass is 509 g/mol. The van der Waals surface area contributed by atoms with E-state index in [-0.39, 0.29) is 42.1 Å². The largest absolute Gasteiger partial charge is 0.458 e. The summed E-state index contributed by atoms with van der Waals surface area (Å²) < 4.78 is 21.6. The van der Waals surface area contributed by atoms with Crippen LogP contribution in [0.5, 0.6) is 0 Å². The maximum Gasteiger partial charge on any atom is 0.343 e. The summed E-state index contributed by atoms with van der Waals surface area (Å²) in [6.45, 7) is 3.27. The molecule has 0 saturated carbocycles. The lowest BCUT2D eigenvalue weighted by atomic mass is 9.86. The van der Waals surface area contributed by atoms with Gasteiger partial charge < -0.3 is 24.6 Å². The lowest BCUT2D eigenvalue weighted by Crippen LogP contribution is -2.44. The summed E-state index contributed by atoms with van der Waals surface area (Å²) in [4.78, 5) is 30.8. The Bertz CT molecular complexity index is 1530. The molecular weight excluding hydrogens is 481 g/mol. The molecule has 0 saturated heterocycles. The van der Waals surface area contributed by atoms with Crippen molar-refractivity contribution in [1.29, 1.82) is 0 Å². The van der Waals surface area contributed by atoms with Gasteiger partial charge in [0.15, 0.2) is 5.60 Å². The van der Waals surface area contributed by atoms with Gasteiger partial charge in [-0.05, 0) is 61.9 Å². The van der Waals surface area contributed by atoms with Gasteiger partial charge in [-0.3, -0.25) is 10.1 Å². The SMILES string of the molecule is CC[C@@]1(O)C(=O)OCc2c1cc1n(c2=O)Cc2c-1nc1ccc(F)c3c1c2C(NC(O)CCC(C)O)C3. The molecule has 0 radical (unpaired) electrons. The number of halogens is 1. The first-order chi connectivity index (χ1) is 17.6. The van der Waals surface area contributed by atoms with E-state index in [1.54, 1.807) is 30.5 Å². The maximum atomic E-state index is 14.9. The standard InChI is InChI=1S/C27H28FN3O6/c1-3-27(36)16-9-20-24-14(10-31(20)25(34)15(16)11-37-26(27)35)23-19(29-21(33)7-4-12(2)32)8-13-17(28)5-6-18(30-24)22(13)23/h5-6,9,12,19,21,29,32-33,36H,3-4,7-8,10-11H2,1-2H3/t12?,19?,21?,27-/m0/s1. The number of carbonyl (C=O) groups excluding carboxylic acids is 1. The summed E-state index contributed by atoms with van der Waals surface area (Å²) in [5.41, 5.74) is 1.78. The average Bonchev–Trinajstić information content (AvgIpc) is 3.43. The van der Waals surface area contributed by atoms with E-state index in [2.05, 4.69) is 5.32 Å². The molecule has 2 aromatic heterocycles. The fourth-order valence-electron chi connectivity index (χ4n) is 6.00. The van der Waals surface area contributed by atoms with Crippen LogP contribution >= 0.6 is 0 Å². The summed E-state index contributed by atoms with van der Waals surface area (Å²) in [6, 6.07) is 4.20. The van der Waals surface area contributed by atoms with Crippen molar-refractivity contribution in [3.05, 3.63) is 62.2 Å². The van der Waals surface area contributed by atoms with Gasteiger partial charge in [0.1, 0.15) is 18.7 Å². The van der Waals surface area contributed by atoms with E-state index >= 15 is 0 Å². The zero-order valence-electron chi connectivity index (χ0n) is 20.5.